The van der Waals surface area contributed by atoms with E-state index in [9.17, 15) is 10.1 Å². The predicted octanol–water partition coefficient (Wildman–Crippen LogP) is 2.00. The molecule has 86 valence electrons. The number of hydrogen-bond acceptors (Lipinski definition) is 5. The summed E-state index contributed by atoms with van der Waals surface area (Å²) in [6.07, 6.45) is 4.82. The van der Waals surface area contributed by atoms with Crippen LogP contribution in [0.15, 0.2) is 42.9 Å². The van der Waals surface area contributed by atoms with Crippen LogP contribution in [-0.2, 0) is 6.54 Å². The van der Waals surface area contributed by atoms with E-state index in [1.807, 2.05) is 12.1 Å². The average Bonchev–Trinajstić information content (AvgIpc) is 2.38. The number of anilines is 1. The normalized spacial score (nSPS) is 9.88. The van der Waals surface area contributed by atoms with Gasteiger partial charge in [0, 0.05) is 31.2 Å². The van der Waals surface area contributed by atoms with Gasteiger partial charge in [-0.05, 0) is 11.6 Å². The minimum Gasteiger partial charge on any atom is -0.366 e. The van der Waals surface area contributed by atoms with Crippen LogP contribution >= 0.6 is 0 Å². The molecule has 0 spiro atoms. The highest BCUT2D eigenvalue weighted by Gasteiger charge is 2.06. The summed E-state index contributed by atoms with van der Waals surface area (Å²) in [5.41, 5.74) is 1.01. The van der Waals surface area contributed by atoms with Crippen LogP contribution in [0.25, 0.3) is 0 Å². The number of rotatable bonds is 4. The van der Waals surface area contributed by atoms with Gasteiger partial charge < -0.3 is 5.32 Å². The Balaban J connectivity index is 2.04. The minimum absolute atomic E-state index is 0.0219. The molecule has 0 radical (unpaired) electrons. The lowest BCUT2D eigenvalue weighted by atomic mass is 10.3. The molecule has 2 rings (SSSR count). The largest absolute Gasteiger partial charge is 0.366 e. The minimum atomic E-state index is -0.447. The summed E-state index contributed by atoms with van der Waals surface area (Å²) < 4.78 is 0. The Morgan fingerprint density at radius 1 is 1.35 bits per heavy atom. The number of pyridine rings is 2. The van der Waals surface area contributed by atoms with Crippen LogP contribution in [0.4, 0.5) is 11.5 Å². The van der Waals surface area contributed by atoms with Crippen LogP contribution in [0.3, 0.4) is 0 Å². The third-order valence-electron chi connectivity index (χ3n) is 2.15. The van der Waals surface area contributed by atoms with Crippen LogP contribution < -0.4 is 5.32 Å². The van der Waals surface area contributed by atoms with Gasteiger partial charge in [-0.25, -0.2) is 4.98 Å². The van der Waals surface area contributed by atoms with Gasteiger partial charge in [-0.15, -0.1) is 0 Å². The Hall–Kier alpha value is -2.50. The maximum Gasteiger partial charge on any atom is 0.274 e. The van der Waals surface area contributed by atoms with Crippen molar-refractivity contribution < 1.29 is 4.92 Å². The van der Waals surface area contributed by atoms with E-state index >= 15 is 0 Å². The van der Waals surface area contributed by atoms with Gasteiger partial charge in [0.25, 0.3) is 5.69 Å². The fourth-order valence-electron chi connectivity index (χ4n) is 1.32. The second-order valence-electron chi connectivity index (χ2n) is 3.37. The number of nitrogens with one attached hydrogen (secondary N) is 1. The molecule has 2 aromatic heterocycles. The van der Waals surface area contributed by atoms with Gasteiger partial charge in [-0.2, -0.15) is 0 Å². The molecule has 6 nitrogen and oxygen atoms in total. The average molecular weight is 230 g/mol. The van der Waals surface area contributed by atoms with E-state index < -0.39 is 4.92 Å². The Morgan fingerprint density at radius 2 is 2.24 bits per heavy atom. The fourth-order valence-corrected chi connectivity index (χ4v) is 1.32. The van der Waals surface area contributed by atoms with Gasteiger partial charge >= 0.3 is 0 Å². The number of nitro groups is 1. The first-order valence-electron chi connectivity index (χ1n) is 4.99. The molecule has 0 aliphatic rings. The highest BCUT2D eigenvalue weighted by atomic mass is 16.6. The summed E-state index contributed by atoms with van der Waals surface area (Å²) in [5.74, 6) is 0.475. The van der Waals surface area contributed by atoms with Crippen LogP contribution in [0.1, 0.15) is 5.56 Å². The van der Waals surface area contributed by atoms with E-state index in [1.165, 1.54) is 18.3 Å². The molecule has 0 fully saturated rings. The van der Waals surface area contributed by atoms with Crippen molar-refractivity contribution in [1.29, 1.82) is 0 Å². The van der Waals surface area contributed by atoms with Crippen LogP contribution in [0.2, 0.25) is 0 Å². The molecule has 17 heavy (non-hydrogen) atoms. The molecule has 0 atom stereocenters. The fraction of sp³-hybridized carbons (Fsp3) is 0.0909. The molecule has 0 unspecified atom stereocenters. The Morgan fingerprint density at radius 3 is 2.94 bits per heavy atom. The number of nitrogens with zero attached hydrogens (tertiary/aromatic N) is 3. The summed E-state index contributed by atoms with van der Waals surface area (Å²) in [7, 11) is 0. The molecule has 6 heteroatoms. The topological polar surface area (TPSA) is 81.0 Å². The van der Waals surface area contributed by atoms with E-state index in [4.69, 9.17) is 0 Å². The molecular weight excluding hydrogens is 220 g/mol. The predicted molar refractivity (Wildman–Crippen MR) is 62.5 cm³/mol. The lowest BCUT2D eigenvalue weighted by Crippen LogP contribution is -2.02. The van der Waals surface area contributed by atoms with Crippen LogP contribution in [0.5, 0.6) is 0 Å². The van der Waals surface area contributed by atoms with Crippen LogP contribution in [0, 0.1) is 10.1 Å². The smallest absolute Gasteiger partial charge is 0.274 e. The van der Waals surface area contributed by atoms with E-state index in [0.717, 1.165) is 5.56 Å². The van der Waals surface area contributed by atoms with Gasteiger partial charge in [0.2, 0.25) is 0 Å². The molecule has 0 aliphatic carbocycles. The van der Waals surface area contributed by atoms with Gasteiger partial charge in [0.05, 0.1) is 11.0 Å². The molecule has 0 aromatic carbocycles. The first kappa shape index (κ1) is 11.0. The van der Waals surface area contributed by atoms with E-state index in [2.05, 4.69) is 15.3 Å². The second-order valence-corrected chi connectivity index (χ2v) is 3.37. The molecular formula is C11H10N4O2. The molecule has 0 saturated carbocycles. The molecule has 0 aliphatic heterocycles. The van der Waals surface area contributed by atoms with Gasteiger partial charge in [0.1, 0.15) is 5.82 Å². The van der Waals surface area contributed by atoms with Crippen molar-refractivity contribution in [3.8, 4) is 0 Å². The maximum atomic E-state index is 10.6. The van der Waals surface area contributed by atoms with Crippen molar-refractivity contribution in [3.05, 3.63) is 58.5 Å². The summed E-state index contributed by atoms with van der Waals surface area (Å²) in [5, 5.41) is 13.6. The van der Waals surface area contributed by atoms with Crippen molar-refractivity contribution in [2.24, 2.45) is 0 Å². The number of hydrogen-bond donors (Lipinski definition) is 1. The second kappa shape index (κ2) is 5.02. The quantitative estimate of drug-likeness (QED) is 0.641. The summed E-state index contributed by atoms with van der Waals surface area (Å²) in [6.45, 7) is 0.530. The van der Waals surface area contributed by atoms with Crippen molar-refractivity contribution in [3.63, 3.8) is 0 Å². The molecule has 2 heterocycles. The third-order valence-corrected chi connectivity index (χ3v) is 2.15. The number of aromatic nitrogens is 2. The van der Waals surface area contributed by atoms with Crippen molar-refractivity contribution in [1.82, 2.24) is 9.97 Å². The van der Waals surface area contributed by atoms with E-state index in [0.29, 0.717) is 12.4 Å². The SMILES string of the molecule is O=[N+]([O-])c1ccnc(NCc2cccnc2)c1. The molecule has 0 amide bonds. The van der Waals surface area contributed by atoms with Crippen molar-refractivity contribution in [2.75, 3.05) is 5.32 Å². The Kier molecular flexibility index (Phi) is 3.25. The third kappa shape index (κ3) is 2.97. The summed E-state index contributed by atoms with van der Waals surface area (Å²) >= 11 is 0. The first-order valence-corrected chi connectivity index (χ1v) is 4.99. The highest BCUT2D eigenvalue weighted by molar-refractivity contribution is 5.44. The standard InChI is InChI=1S/C11H10N4O2/c16-15(17)10-3-5-13-11(6-10)14-8-9-2-1-4-12-7-9/h1-7H,8H2,(H,13,14). The van der Waals surface area contributed by atoms with E-state index in [-0.39, 0.29) is 5.69 Å². The Labute approximate surface area is 97.5 Å². The highest BCUT2D eigenvalue weighted by Crippen LogP contribution is 2.14. The zero-order chi connectivity index (χ0) is 12.1. The molecule has 0 saturated heterocycles. The maximum absolute atomic E-state index is 10.6. The van der Waals surface area contributed by atoms with Crippen molar-refractivity contribution in [2.45, 2.75) is 6.54 Å². The van der Waals surface area contributed by atoms with Crippen molar-refractivity contribution >= 4 is 11.5 Å². The zero-order valence-corrected chi connectivity index (χ0v) is 8.91. The van der Waals surface area contributed by atoms with Gasteiger partial charge in [-0.3, -0.25) is 15.1 Å². The lowest BCUT2D eigenvalue weighted by molar-refractivity contribution is -0.384. The molecule has 0 bridgehead atoms. The summed E-state index contributed by atoms with van der Waals surface area (Å²) in [4.78, 5) is 18.1. The first-order chi connectivity index (χ1) is 8.25. The molecule has 2 aromatic rings. The monoisotopic (exact) mass is 230 g/mol. The Bertz CT molecular complexity index is 516. The van der Waals surface area contributed by atoms with Crippen LogP contribution in [-0.4, -0.2) is 14.9 Å². The molecule has 1 N–H and O–H groups in total. The van der Waals surface area contributed by atoms with Gasteiger partial charge in [-0.1, -0.05) is 6.07 Å². The van der Waals surface area contributed by atoms with E-state index in [1.54, 1.807) is 12.4 Å². The van der Waals surface area contributed by atoms with Gasteiger partial charge in [0.15, 0.2) is 0 Å². The zero-order valence-electron chi connectivity index (χ0n) is 8.91. The summed E-state index contributed by atoms with van der Waals surface area (Å²) in [6, 6.07) is 6.50. The lowest BCUT2D eigenvalue weighted by Gasteiger charge is -2.04.